The first-order chi connectivity index (χ1) is 12.7. The van der Waals surface area contributed by atoms with E-state index in [1.165, 1.54) is 37.8 Å². The van der Waals surface area contributed by atoms with Gasteiger partial charge in [0.25, 0.3) is 0 Å². The summed E-state index contributed by atoms with van der Waals surface area (Å²) >= 11 is 0. The van der Waals surface area contributed by atoms with Crippen molar-refractivity contribution in [3.05, 3.63) is 35.7 Å². The largest absolute Gasteiger partial charge is 0.361 e. The second-order valence-corrected chi connectivity index (χ2v) is 7.81. The van der Waals surface area contributed by atoms with Crippen molar-refractivity contribution in [2.24, 2.45) is 0 Å². The van der Waals surface area contributed by atoms with Gasteiger partial charge in [-0.1, -0.05) is 26.0 Å². The van der Waals surface area contributed by atoms with Gasteiger partial charge in [0.2, 0.25) is 0 Å². The van der Waals surface area contributed by atoms with E-state index in [0.29, 0.717) is 5.92 Å². The van der Waals surface area contributed by atoms with Gasteiger partial charge in [-0.15, -0.1) is 0 Å². The summed E-state index contributed by atoms with van der Waals surface area (Å²) in [6.45, 7) is 12.0. The number of aromatic nitrogens is 1. The van der Waals surface area contributed by atoms with Crippen LogP contribution < -0.4 is 0 Å². The zero-order valence-corrected chi connectivity index (χ0v) is 16.3. The molecular weight excluding hydrogens is 322 g/mol. The van der Waals surface area contributed by atoms with Crippen LogP contribution in [0.3, 0.4) is 0 Å². The van der Waals surface area contributed by atoms with Gasteiger partial charge in [0, 0.05) is 45.0 Å². The monoisotopic (exact) mass is 355 g/mol. The number of pyridine rings is 1. The van der Waals surface area contributed by atoms with Gasteiger partial charge < -0.3 is 4.90 Å². The first kappa shape index (κ1) is 19.1. The highest BCUT2D eigenvalue weighted by Crippen LogP contribution is 2.18. The molecule has 3 heterocycles. The maximum absolute atomic E-state index is 7.35. The molecule has 0 radical (unpaired) electrons. The summed E-state index contributed by atoms with van der Waals surface area (Å²) < 4.78 is 0. The molecule has 2 fully saturated rings. The fourth-order valence-corrected chi connectivity index (χ4v) is 3.88. The summed E-state index contributed by atoms with van der Waals surface area (Å²) in [7, 11) is 0. The van der Waals surface area contributed by atoms with Crippen molar-refractivity contribution in [3.63, 3.8) is 0 Å². The molecule has 26 heavy (non-hydrogen) atoms. The van der Waals surface area contributed by atoms with Crippen LogP contribution in [0.2, 0.25) is 0 Å². The topological polar surface area (TPSA) is 46.5 Å². The summed E-state index contributed by atoms with van der Waals surface area (Å²) in [6.07, 6.45) is 10.4. The second-order valence-electron chi connectivity index (χ2n) is 7.81. The molecule has 1 aromatic rings. The first-order valence-corrected chi connectivity index (χ1v) is 9.99. The van der Waals surface area contributed by atoms with Crippen molar-refractivity contribution in [2.75, 3.05) is 45.8 Å². The molecule has 0 bridgehead atoms. The van der Waals surface area contributed by atoms with Crippen LogP contribution in [0.25, 0.3) is 6.08 Å². The lowest BCUT2D eigenvalue weighted by atomic mass is 10.0. The molecule has 0 atom stereocenters. The van der Waals surface area contributed by atoms with Crippen LogP contribution in [0.1, 0.15) is 43.9 Å². The molecule has 0 amide bonds. The van der Waals surface area contributed by atoms with Crippen LogP contribution in [0.5, 0.6) is 0 Å². The zero-order valence-electron chi connectivity index (χ0n) is 16.3. The van der Waals surface area contributed by atoms with Crippen LogP contribution in [0.15, 0.2) is 24.4 Å². The highest BCUT2D eigenvalue weighted by molar-refractivity contribution is 5.50. The van der Waals surface area contributed by atoms with Crippen molar-refractivity contribution in [1.29, 1.82) is 5.41 Å². The molecule has 2 saturated heterocycles. The Morgan fingerprint density at radius 3 is 2.42 bits per heavy atom. The fourth-order valence-electron chi connectivity index (χ4n) is 3.88. The Morgan fingerprint density at radius 2 is 1.85 bits per heavy atom. The van der Waals surface area contributed by atoms with Crippen LogP contribution in [0, 0.1) is 5.41 Å². The fraction of sp³-hybridized carbons (Fsp3) is 0.619. The number of rotatable bonds is 6. The van der Waals surface area contributed by atoms with Gasteiger partial charge in [-0.3, -0.25) is 20.2 Å². The molecule has 142 valence electrons. The summed E-state index contributed by atoms with van der Waals surface area (Å²) in [6, 6.07) is 5.03. The molecule has 2 aliphatic heterocycles. The summed E-state index contributed by atoms with van der Waals surface area (Å²) in [5, 5.41) is 7.35. The number of nitrogens with zero attached hydrogens (tertiary/aromatic N) is 4. The zero-order chi connectivity index (χ0) is 18.4. The van der Waals surface area contributed by atoms with E-state index in [-0.39, 0.29) is 0 Å². The minimum absolute atomic E-state index is 0.537. The van der Waals surface area contributed by atoms with Crippen LogP contribution in [0.4, 0.5) is 0 Å². The van der Waals surface area contributed by atoms with E-state index in [9.17, 15) is 0 Å². The van der Waals surface area contributed by atoms with E-state index in [2.05, 4.69) is 57.8 Å². The molecule has 1 N–H and O–H groups in total. The summed E-state index contributed by atoms with van der Waals surface area (Å²) in [4.78, 5) is 11.8. The van der Waals surface area contributed by atoms with Crippen molar-refractivity contribution in [1.82, 2.24) is 19.7 Å². The maximum Gasteiger partial charge on any atom is 0.0818 e. The predicted molar refractivity (Wildman–Crippen MR) is 109 cm³/mol. The lowest BCUT2D eigenvalue weighted by molar-refractivity contribution is 0.0831. The smallest absolute Gasteiger partial charge is 0.0818 e. The van der Waals surface area contributed by atoms with Crippen molar-refractivity contribution < 1.29 is 0 Å². The molecule has 0 spiro atoms. The quantitative estimate of drug-likeness (QED) is 0.630. The van der Waals surface area contributed by atoms with E-state index in [1.807, 2.05) is 6.20 Å². The molecule has 0 unspecified atom stereocenters. The molecular formula is C21H33N5. The van der Waals surface area contributed by atoms with Crippen LogP contribution in [-0.4, -0.2) is 77.9 Å². The maximum atomic E-state index is 7.35. The highest BCUT2D eigenvalue weighted by Gasteiger charge is 2.26. The van der Waals surface area contributed by atoms with Crippen molar-refractivity contribution in [2.45, 2.75) is 38.6 Å². The Balaban J connectivity index is 1.39. The van der Waals surface area contributed by atoms with Crippen LogP contribution >= 0.6 is 0 Å². The molecule has 0 aromatic carbocycles. The lowest BCUT2D eigenvalue weighted by Gasteiger charge is -2.42. The first-order valence-electron chi connectivity index (χ1n) is 9.99. The van der Waals surface area contributed by atoms with Gasteiger partial charge in [-0.05, 0) is 49.6 Å². The molecule has 5 heteroatoms. The number of piperazine rings is 1. The third kappa shape index (κ3) is 5.15. The van der Waals surface area contributed by atoms with Crippen LogP contribution in [-0.2, 0) is 0 Å². The van der Waals surface area contributed by atoms with Gasteiger partial charge in [0.1, 0.15) is 0 Å². The van der Waals surface area contributed by atoms with E-state index in [4.69, 9.17) is 5.41 Å². The minimum Gasteiger partial charge on any atom is -0.361 e. The normalized spacial score (nSPS) is 21.0. The van der Waals surface area contributed by atoms with Crippen molar-refractivity contribution >= 4 is 12.4 Å². The highest BCUT2D eigenvalue weighted by atomic mass is 15.3. The number of likely N-dealkylation sites (tertiary alicyclic amines) is 1. The Kier molecular flexibility index (Phi) is 6.80. The van der Waals surface area contributed by atoms with Gasteiger partial charge in [0.15, 0.2) is 0 Å². The number of piperidine rings is 1. The third-order valence-electron chi connectivity index (χ3n) is 5.73. The van der Waals surface area contributed by atoms with Gasteiger partial charge in [-0.2, -0.15) is 0 Å². The Hall–Kier alpha value is -1.72. The van der Waals surface area contributed by atoms with Crippen molar-refractivity contribution in [3.8, 4) is 0 Å². The third-order valence-corrected chi connectivity index (χ3v) is 5.73. The summed E-state index contributed by atoms with van der Waals surface area (Å²) in [5.74, 6) is 0.537. The lowest BCUT2D eigenvalue weighted by Crippen LogP contribution is -2.52. The standard InChI is InChI=1S/C21H33N5/c1-18(2)19-5-6-20(23-16-19)4-3-9-24-10-7-21(8-11-24)26-14-12-25(17-22)13-15-26/h3-6,16-18,21-22H,7-15H2,1-2H3/b4-3+,22-17?. The van der Waals surface area contributed by atoms with Gasteiger partial charge in [-0.25, -0.2) is 0 Å². The molecule has 1 aromatic heterocycles. The summed E-state index contributed by atoms with van der Waals surface area (Å²) in [5.41, 5.74) is 2.35. The average molecular weight is 356 g/mol. The molecule has 5 nitrogen and oxygen atoms in total. The Bertz CT molecular complexity index is 579. The Morgan fingerprint density at radius 1 is 1.12 bits per heavy atom. The average Bonchev–Trinajstić information content (AvgIpc) is 2.69. The second kappa shape index (κ2) is 9.28. The minimum atomic E-state index is 0.537. The molecule has 0 aliphatic carbocycles. The number of hydrogen-bond acceptors (Lipinski definition) is 4. The number of nitrogens with one attached hydrogen (secondary N) is 1. The van der Waals surface area contributed by atoms with Gasteiger partial charge in [0.05, 0.1) is 12.0 Å². The molecule has 3 rings (SSSR count). The van der Waals surface area contributed by atoms with E-state index in [1.54, 1.807) is 0 Å². The predicted octanol–water partition coefficient (Wildman–Crippen LogP) is 2.91. The number of hydrogen-bond donors (Lipinski definition) is 1. The van der Waals surface area contributed by atoms with Gasteiger partial charge >= 0.3 is 0 Å². The molecule has 2 aliphatic rings. The van der Waals surface area contributed by atoms with E-state index in [0.717, 1.165) is 44.5 Å². The van der Waals surface area contributed by atoms with E-state index < -0.39 is 0 Å². The Labute approximate surface area is 158 Å². The van der Waals surface area contributed by atoms with E-state index >= 15 is 0 Å². The SMILES string of the molecule is CC(C)c1ccc(/C=C/CN2CCC(N3CCN(C=N)CC3)CC2)nc1. The molecule has 0 saturated carbocycles.